The van der Waals surface area contributed by atoms with Gasteiger partial charge in [0.05, 0.1) is 6.54 Å². The molecule has 2 aliphatic heterocycles. The SMILES string of the molecule is CC(C)CC1CN=C(Nc2ccc3c(c2)OCCO3)S1. The first kappa shape index (κ1) is 13.6. The Morgan fingerprint density at radius 1 is 1.30 bits per heavy atom. The average molecular weight is 292 g/mol. The van der Waals surface area contributed by atoms with E-state index in [0.717, 1.165) is 34.8 Å². The summed E-state index contributed by atoms with van der Waals surface area (Å²) in [6, 6.07) is 5.93. The van der Waals surface area contributed by atoms with Crippen molar-refractivity contribution in [2.45, 2.75) is 25.5 Å². The highest BCUT2D eigenvalue weighted by Crippen LogP contribution is 2.34. The standard InChI is InChI=1S/C15H20N2O2S/c1-10(2)7-12-9-16-15(20-12)17-11-3-4-13-14(8-11)19-6-5-18-13/h3-4,8,10,12H,5-7,9H2,1-2H3,(H,16,17). The first-order valence-corrected chi connectivity index (χ1v) is 7.96. The third-order valence-electron chi connectivity index (χ3n) is 3.24. The van der Waals surface area contributed by atoms with Crippen LogP contribution in [0.2, 0.25) is 0 Å². The van der Waals surface area contributed by atoms with E-state index in [1.54, 1.807) is 0 Å². The zero-order chi connectivity index (χ0) is 13.9. The Kier molecular flexibility index (Phi) is 4.05. The second-order valence-electron chi connectivity index (χ2n) is 5.50. The third-order valence-corrected chi connectivity index (χ3v) is 4.37. The summed E-state index contributed by atoms with van der Waals surface area (Å²) in [6.45, 7) is 6.66. The lowest BCUT2D eigenvalue weighted by molar-refractivity contribution is 0.171. The minimum atomic E-state index is 0.606. The van der Waals surface area contributed by atoms with Crippen LogP contribution in [0.15, 0.2) is 23.2 Å². The van der Waals surface area contributed by atoms with Crippen molar-refractivity contribution in [2.75, 3.05) is 25.1 Å². The third kappa shape index (κ3) is 3.20. The molecule has 1 aromatic carbocycles. The molecule has 0 fully saturated rings. The van der Waals surface area contributed by atoms with Crippen LogP contribution < -0.4 is 14.8 Å². The number of thioether (sulfide) groups is 1. The molecule has 5 heteroatoms. The largest absolute Gasteiger partial charge is 0.486 e. The van der Waals surface area contributed by atoms with E-state index in [9.17, 15) is 0 Å². The van der Waals surface area contributed by atoms with E-state index >= 15 is 0 Å². The lowest BCUT2D eigenvalue weighted by Crippen LogP contribution is -2.15. The summed E-state index contributed by atoms with van der Waals surface area (Å²) in [6.07, 6.45) is 1.21. The number of nitrogens with one attached hydrogen (secondary N) is 1. The van der Waals surface area contributed by atoms with Crippen molar-refractivity contribution in [3.05, 3.63) is 18.2 Å². The van der Waals surface area contributed by atoms with Gasteiger partial charge in [-0.2, -0.15) is 0 Å². The number of fused-ring (bicyclic) bond motifs is 1. The van der Waals surface area contributed by atoms with Gasteiger partial charge < -0.3 is 14.8 Å². The van der Waals surface area contributed by atoms with Crippen LogP contribution in [-0.4, -0.2) is 30.2 Å². The molecule has 0 aliphatic carbocycles. The average Bonchev–Trinajstić information content (AvgIpc) is 2.85. The quantitative estimate of drug-likeness (QED) is 0.927. The van der Waals surface area contributed by atoms with Gasteiger partial charge in [0.15, 0.2) is 16.7 Å². The minimum absolute atomic E-state index is 0.606. The summed E-state index contributed by atoms with van der Waals surface area (Å²) in [7, 11) is 0. The fourth-order valence-electron chi connectivity index (χ4n) is 2.38. The van der Waals surface area contributed by atoms with Crippen LogP contribution in [0.3, 0.4) is 0 Å². The molecular formula is C15H20N2O2S. The molecule has 0 radical (unpaired) electrons. The van der Waals surface area contributed by atoms with Gasteiger partial charge in [-0.25, -0.2) is 0 Å². The van der Waals surface area contributed by atoms with E-state index in [1.165, 1.54) is 6.42 Å². The Balaban J connectivity index is 1.61. The van der Waals surface area contributed by atoms with Crippen LogP contribution in [0.25, 0.3) is 0 Å². The highest BCUT2D eigenvalue weighted by Gasteiger charge is 2.21. The number of aliphatic imine (C=N–C) groups is 1. The molecular weight excluding hydrogens is 272 g/mol. The molecule has 1 atom stereocenters. The van der Waals surface area contributed by atoms with Gasteiger partial charge in [-0.1, -0.05) is 25.6 Å². The summed E-state index contributed by atoms with van der Waals surface area (Å²) in [5.74, 6) is 2.35. The van der Waals surface area contributed by atoms with Crippen molar-refractivity contribution in [1.82, 2.24) is 0 Å². The summed E-state index contributed by atoms with van der Waals surface area (Å²) in [5.41, 5.74) is 1.01. The van der Waals surface area contributed by atoms with Crippen LogP contribution in [0.5, 0.6) is 11.5 Å². The van der Waals surface area contributed by atoms with Crippen molar-refractivity contribution in [3.8, 4) is 11.5 Å². The Morgan fingerprint density at radius 3 is 2.90 bits per heavy atom. The van der Waals surface area contributed by atoms with E-state index in [0.29, 0.717) is 18.5 Å². The second kappa shape index (κ2) is 5.95. The van der Waals surface area contributed by atoms with Gasteiger partial charge in [-0.3, -0.25) is 4.99 Å². The highest BCUT2D eigenvalue weighted by molar-refractivity contribution is 8.15. The topological polar surface area (TPSA) is 42.9 Å². The Morgan fingerprint density at radius 2 is 2.10 bits per heavy atom. The molecule has 2 heterocycles. The van der Waals surface area contributed by atoms with E-state index in [2.05, 4.69) is 24.2 Å². The molecule has 4 nitrogen and oxygen atoms in total. The zero-order valence-electron chi connectivity index (χ0n) is 11.9. The number of nitrogens with zero attached hydrogens (tertiary/aromatic N) is 1. The first-order valence-electron chi connectivity index (χ1n) is 7.08. The van der Waals surface area contributed by atoms with Crippen LogP contribution >= 0.6 is 11.8 Å². The van der Waals surface area contributed by atoms with Crippen molar-refractivity contribution >= 4 is 22.6 Å². The van der Waals surface area contributed by atoms with E-state index < -0.39 is 0 Å². The molecule has 1 aromatic rings. The van der Waals surface area contributed by atoms with Crippen LogP contribution in [0.4, 0.5) is 5.69 Å². The van der Waals surface area contributed by atoms with Gasteiger partial charge >= 0.3 is 0 Å². The smallest absolute Gasteiger partial charge is 0.163 e. The molecule has 20 heavy (non-hydrogen) atoms. The summed E-state index contributed by atoms with van der Waals surface area (Å²) in [5, 5.41) is 4.98. The fraction of sp³-hybridized carbons (Fsp3) is 0.533. The Hall–Kier alpha value is -1.36. The molecule has 0 saturated carbocycles. The van der Waals surface area contributed by atoms with Crippen molar-refractivity contribution in [3.63, 3.8) is 0 Å². The van der Waals surface area contributed by atoms with Crippen LogP contribution in [0.1, 0.15) is 20.3 Å². The van der Waals surface area contributed by atoms with Crippen molar-refractivity contribution < 1.29 is 9.47 Å². The number of amidine groups is 1. The van der Waals surface area contributed by atoms with E-state index in [4.69, 9.17) is 9.47 Å². The van der Waals surface area contributed by atoms with Crippen molar-refractivity contribution in [1.29, 1.82) is 0 Å². The normalized spacial score (nSPS) is 20.9. The molecule has 2 aliphatic rings. The van der Waals surface area contributed by atoms with Gasteiger partial charge in [-0.05, 0) is 24.5 Å². The molecule has 1 N–H and O–H groups in total. The number of hydrogen-bond donors (Lipinski definition) is 1. The van der Waals surface area contributed by atoms with E-state index in [1.807, 2.05) is 30.0 Å². The number of rotatable bonds is 3. The van der Waals surface area contributed by atoms with Gasteiger partial charge in [0.25, 0.3) is 0 Å². The van der Waals surface area contributed by atoms with Gasteiger partial charge in [0.2, 0.25) is 0 Å². The lowest BCUT2D eigenvalue weighted by atomic mass is 10.1. The molecule has 3 rings (SSSR count). The number of ether oxygens (including phenoxy) is 2. The maximum Gasteiger partial charge on any atom is 0.163 e. The summed E-state index contributed by atoms with van der Waals surface area (Å²) >= 11 is 1.84. The lowest BCUT2D eigenvalue weighted by Gasteiger charge is -2.19. The minimum Gasteiger partial charge on any atom is -0.486 e. The van der Waals surface area contributed by atoms with Crippen molar-refractivity contribution in [2.24, 2.45) is 10.9 Å². The maximum atomic E-state index is 5.59. The van der Waals surface area contributed by atoms with Crippen LogP contribution in [0, 0.1) is 5.92 Å². The Labute approximate surface area is 123 Å². The summed E-state index contributed by atoms with van der Waals surface area (Å²) < 4.78 is 11.1. The molecule has 1 unspecified atom stereocenters. The monoisotopic (exact) mass is 292 g/mol. The first-order chi connectivity index (χ1) is 9.70. The van der Waals surface area contributed by atoms with Gasteiger partial charge in [-0.15, -0.1) is 0 Å². The predicted octanol–water partition coefficient (Wildman–Crippen LogP) is 3.39. The van der Waals surface area contributed by atoms with Crippen LogP contribution in [-0.2, 0) is 0 Å². The molecule has 0 bridgehead atoms. The number of anilines is 1. The van der Waals surface area contributed by atoms with Gasteiger partial charge in [0.1, 0.15) is 13.2 Å². The maximum absolute atomic E-state index is 5.59. The molecule has 0 spiro atoms. The highest BCUT2D eigenvalue weighted by atomic mass is 32.2. The fourth-order valence-corrected chi connectivity index (χ4v) is 3.65. The molecule has 0 saturated heterocycles. The second-order valence-corrected chi connectivity index (χ2v) is 6.79. The predicted molar refractivity (Wildman–Crippen MR) is 84.2 cm³/mol. The molecule has 108 valence electrons. The summed E-state index contributed by atoms with van der Waals surface area (Å²) in [4.78, 5) is 4.57. The van der Waals surface area contributed by atoms with E-state index in [-0.39, 0.29) is 0 Å². The Bertz CT molecular complexity index is 517. The molecule has 0 aromatic heterocycles. The molecule has 0 amide bonds. The van der Waals surface area contributed by atoms with Gasteiger partial charge in [0, 0.05) is 17.0 Å². The number of benzene rings is 1. The number of hydrogen-bond acceptors (Lipinski definition) is 5. The zero-order valence-corrected chi connectivity index (χ0v) is 12.7.